The number of nitrogens with one attached hydrogen (secondary N) is 1. The Morgan fingerprint density at radius 3 is 2.49 bits per heavy atom. The molecule has 0 bridgehead atoms. The lowest BCUT2D eigenvalue weighted by Gasteiger charge is -2.13. The fraction of sp³-hybridized carbons (Fsp3) is 0.231. The Balaban J connectivity index is 1.86. The van der Waals surface area contributed by atoms with E-state index >= 15 is 0 Å². The predicted molar refractivity (Wildman–Crippen MR) is 132 cm³/mol. The highest BCUT2D eigenvalue weighted by atomic mass is 16.6. The van der Waals surface area contributed by atoms with Gasteiger partial charge in [-0.3, -0.25) is 14.9 Å². The summed E-state index contributed by atoms with van der Waals surface area (Å²) < 4.78 is 12.5. The SMILES string of the molecule is COc1ccc(CNC(=O)/C(C#N)=C/c2cc(C)n(-c3ccc([N+](=O)[O-])cc3C)c2C)c(OC)c1. The molecule has 9 nitrogen and oxygen atoms in total. The molecule has 0 saturated heterocycles. The smallest absolute Gasteiger partial charge is 0.269 e. The molecule has 0 spiro atoms. The number of benzene rings is 2. The van der Waals surface area contributed by atoms with Crippen LogP contribution in [0.3, 0.4) is 0 Å². The number of methoxy groups -OCH3 is 2. The first-order valence-electron chi connectivity index (χ1n) is 10.7. The summed E-state index contributed by atoms with van der Waals surface area (Å²) in [6.45, 7) is 5.74. The number of non-ortho nitro benzene ring substituents is 1. The second-order valence-corrected chi connectivity index (χ2v) is 7.92. The van der Waals surface area contributed by atoms with Crippen molar-refractivity contribution < 1.29 is 19.2 Å². The average Bonchev–Trinajstić information content (AvgIpc) is 3.12. The zero-order chi connectivity index (χ0) is 25.7. The van der Waals surface area contributed by atoms with Crippen LogP contribution in [0.25, 0.3) is 11.8 Å². The Labute approximate surface area is 203 Å². The van der Waals surface area contributed by atoms with Crippen LogP contribution >= 0.6 is 0 Å². The fourth-order valence-corrected chi connectivity index (χ4v) is 3.88. The van der Waals surface area contributed by atoms with Crippen molar-refractivity contribution in [2.24, 2.45) is 0 Å². The van der Waals surface area contributed by atoms with Crippen LogP contribution in [0.2, 0.25) is 0 Å². The molecule has 0 unspecified atom stereocenters. The highest BCUT2D eigenvalue weighted by Crippen LogP contribution is 2.28. The van der Waals surface area contributed by atoms with Gasteiger partial charge in [0, 0.05) is 47.4 Å². The van der Waals surface area contributed by atoms with Gasteiger partial charge in [0.15, 0.2) is 0 Å². The molecule has 1 heterocycles. The Morgan fingerprint density at radius 1 is 1.14 bits per heavy atom. The minimum absolute atomic E-state index is 0.0192. The number of aryl methyl sites for hydroxylation is 2. The number of amides is 1. The second kappa shape index (κ2) is 10.6. The van der Waals surface area contributed by atoms with Crippen molar-refractivity contribution in [3.05, 3.63) is 86.2 Å². The lowest BCUT2D eigenvalue weighted by atomic mass is 10.1. The number of nitro benzene ring substituents is 1. The topological polar surface area (TPSA) is 119 Å². The molecule has 0 aliphatic carbocycles. The van der Waals surface area contributed by atoms with Gasteiger partial charge < -0.3 is 19.4 Å². The average molecular weight is 475 g/mol. The molecular weight excluding hydrogens is 448 g/mol. The lowest BCUT2D eigenvalue weighted by Crippen LogP contribution is -2.24. The van der Waals surface area contributed by atoms with Crippen LogP contribution in [0.5, 0.6) is 11.5 Å². The van der Waals surface area contributed by atoms with Crippen LogP contribution in [0.4, 0.5) is 5.69 Å². The van der Waals surface area contributed by atoms with Gasteiger partial charge in [-0.25, -0.2) is 0 Å². The molecule has 0 saturated carbocycles. The van der Waals surface area contributed by atoms with E-state index in [4.69, 9.17) is 9.47 Å². The third-order valence-electron chi connectivity index (χ3n) is 5.70. The standard InChI is InChI=1S/C26H26N4O5/c1-16-10-22(30(32)33)7-9-24(16)29-17(2)11-20(18(29)3)12-21(14-27)26(31)28-15-19-6-8-23(34-4)13-25(19)35-5/h6-13H,15H2,1-5H3,(H,28,31)/b21-12+. The summed E-state index contributed by atoms with van der Waals surface area (Å²) in [5.41, 5.74) is 4.62. The molecule has 2 aromatic carbocycles. The van der Waals surface area contributed by atoms with Gasteiger partial charge in [-0.15, -0.1) is 0 Å². The monoisotopic (exact) mass is 474 g/mol. The number of hydrogen-bond acceptors (Lipinski definition) is 6. The first-order valence-corrected chi connectivity index (χ1v) is 10.7. The molecule has 3 rings (SSSR count). The number of rotatable bonds is 8. The van der Waals surface area contributed by atoms with Gasteiger partial charge in [0.1, 0.15) is 23.1 Å². The highest BCUT2D eigenvalue weighted by molar-refractivity contribution is 6.01. The van der Waals surface area contributed by atoms with E-state index in [2.05, 4.69) is 5.32 Å². The molecule has 1 amide bonds. The number of hydrogen-bond donors (Lipinski definition) is 1. The van der Waals surface area contributed by atoms with Crippen molar-refractivity contribution in [1.82, 2.24) is 9.88 Å². The van der Waals surface area contributed by atoms with E-state index in [9.17, 15) is 20.2 Å². The van der Waals surface area contributed by atoms with Crippen LogP contribution < -0.4 is 14.8 Å². The first kappa shape index (κ1) is 25.1. The number of nitriles is 1. The predicted octanol–water partition coefficient (Wildman–Crippen LogP) is 4.55. The first-order chi connectivity index (χ1) is 16.7. The number of carbonyl (C=O) groups is 1. The molecule has 35 heavy (non-hydrogen) atoms. The van der Waals surface area contributed by atoms with Crippen LogP contribution in [-0.2, 0) is 11.3 Å². The van der Waals surface area contributed by atoms with E-state index in [1.807, 2.05) is 30.6 Å². The summed E-state index contributed by atoms with van der Waals surface area (Å²) in [5.74, 6) is 0.684. The van der Waals surface area contributed by atoms with Crippen molar-refractivity contribution in [1.29, 1.82) is 5.26 Å². The van der Waals surface area contributed by atoms with Gasteiger partial charge in [0.2, 0.25) is 0 Å². The van der Waals surface area contributed by atoms with Gasteiger partial charge in [-0.1, -0.05) is 0 Å². The van der Waals surface area contributed by atoms with Crippen molar-refractivity contribution in [2.45, 2.75) is 27.3 Å². The maximum absolute atomic E-state index is 12.8. The number of ether oxygens (including phenoxy) is 2. The van der Waals surface area contributed by atoms with E-state index in [0.717, 1.165) is 28.2 Å². The van der Waals surface area contributed by atoms with E-state index < -0.39 is 10.8 Å². The molecule has 9 heteroatoms. The minimum Gasteiger partial charge on any atom is -0.497 e. The van der Waals surface area contributed by atoms with Crippen molar-refractivity contribution in [3.8, 4) is 23.3 Å². The molecule has 0 aliphatic heterocycles. The van der Waals surface area contributed by atoms with E-state index in [-0.39, 0.29) is 17.8 Å². The summed E-state index contributed by atoms with van der Waals surface area (Å²) >= 11 is 0. The maximum Gasteiger partial charge on any atom is 0.269 e. The van der Waals surface area contributed by atoms with Gasteiger partial charge in [-0.2, -0.15) is 5.26 Å². The molecule has 1 N–H and O–H groups in total. The summed E-state index contributed by atoms with van der Waals surface area (Å²) in [4.78, 5) is 23.4. The third-order valence-corrected chi connectivity index (χ3v) is 5.70. The van der Waals surface area contributed by atoms with Gasteiger partial charge in [0.05, 0.1) is 19.1 Å². The van der Waals surface area contributed by atoms with E-state index in [0.29, 0.717) is 17.1 Å². The molecular formula is C26H26N4O5. The summed E-state index contributed by atoms with van der Waals surface area (Å²) in [7, 11) is 3.09. The maximum atomic E-state index is 12.8. The molecule has 0 atom stereocenters. The number of aromatic nitrogens is 1. The normalized spacial score (nSPS) is 11.0. The Bertz CT molecular complexity index is 1360. The fourth-order valence-electron chi connectivity index (χ4n) is 3.88. The Kier molecular flexibility index (Phi) is 7.56. The molecule has 1 aromatic heterocycles. The summed E-state index contributed by atoms with van der Waals surface area (Å²) in [6, 6.07) is 13.8. The Hall–Kier alpha value is -4.58. The minimum atomic E-state index is -0.512. The lowest BCUT2D eigenvalue weighted by molar-refractivity contribution is -0.384. The number of nitrogens with zero attached hydrogens (tertiary/aromatic N) is 3. The van der Waals surface area contributed by atoms with Crippen LogP contribution in [0.1, 0.15) is 28.1 Å². The van der Waals surface area contributed by atoms with Crippen molar-refractivity contribution in [2.75, 3.05) is 14.2 Å². The van der Waals surface area contributed by atoms with Crippen LogP contribution in [0, 0.1) is 42.2 Å². The zero-order valence-electron chi connectivity index (χ0n) is 20.2. The quantitative estimate of drug-likeness (QED) is 0.221. The van der Waals surface area contributed by atoms with Crippen molar-refractivity contribution in [3.63, 3.8) is 0 Å². The highest BCUT2D eigenvalue weighted by Gasteiger charge is 2.17. The largest absolute Gasteiger partial charge is 0.497 e. The molecule has 3 aromatic rings. The van der Waals surface area contributed by atoms with Gasteiger partial charge in [-0.05, 0) is 62.2 Å². The Morgan fingerprint density at radius 2 is 1.89 bits per heavy atom. The van der Waals surface area contributed by atoms with Crippen LogP contribution in [-0.4, -0.2) is 29.6 Å². The molecule has 0 aliphatic rings. The van der Waals surface area contributed by atoms with Gasteiger partial charge in [0.25, 0.3) is 11.6 Å². The molecule has 180 valence electrons. The zero-order valence-corrected chi connectivity index (χ0v) is 20.2. The molecule has 0 fully saturated rings. The van der Waals surface area contributed by atoms with Gasteiger partial charge >= 0.3 is 0 Å². The summed E-state index contributed by atoms with van der Waals surface area (Å²) in [6.07, 6.45) is 1.54. The van der Waals surface area contributed by atoms with E-state index in [1.54, 1.807) is 44.4 Å². The summed E-state index contributed by atoms with van der Waals surface area (Å²) in [5, 5.41) is 23.5. The second-order valence-electron chi connectivity index (χ2n) is 7.92. The van der Waals surface area contributed by atoms with Crippen molar-refractivity contribution >= 4 is 17.7 Å². The number of nitro groups is 1. The van der Waals surface area contributed by atoms with E-state index in [1.165, 1.54) is 19.2 Å². The third kappa shape index (κ3) is 5.33. The number of carbonyl (C=O) groups excluding carboxylic acids is 1. The van der Waals surface area contributed by atoms with Crippen LogP contribution in [0.15, 0.2) is 48.0 Å². The molecule has 0 radical (unpaired) electrons.